The number of hydrogen-bond acceptors (Lipinski definition) is 8. The molecule has 1 fully saturated rings. The maximum atomic E-state index is 15.5. The largest absolute Gasteiger partial charge is 0.487 e. The zero-order valence-corrected chi connectivity index (χ0v) is 22.6. The summed E-state index contributed by atoms with van der Waals surface area (Å²) >= 11 is 0. The molecule has 2 aliphatic heterocycles. The molecular weight excluding hydrogens is 519 g/mol. The quantitative estimate of drug-likeness (QED) is 0.498. The van der Waals surface area contributed by atoms with Gasteiger partial charge in [0.1, 0.15) is 23.5 Å². The first-order valence-electron chi connectivity index (χ1n) is 12.3. The molecule has 0 saturated carbocycles. The van der Waals surface area contributed by atoms with Gasteiger partial charge in [-0.1, -0.05) is 0 Å². The first kappa shape index (κ1) is 29.2. The molecule has 0 bridgehead atoms. The fourth-order valence-electron chi connectivity index (χ4n) is 5.07. The first-order valence-corrected chi connectivity index (χ1v) is 12.3. The summed E-state index contributed by atoms with van der Waals surface area (Å²) in [5.41, 5.74) is -1.23. The number of nitrogens with one attached hydrogen (secondary N) is 1. The van der Waals surface area contributed by atoms with Crippen LogP contribution in [0.3, 0.4) is 0 Å². The number of aromatic carboxylic acids is 1. The van der Waals surface area contributed by atoms with Crippen LogP contribution in [0.15, 0.2) is 17.1 Å². The minimum absolute atomic E-state index is 0. The van der Waals surface area contributed by atoms with Crippen molar-refractivity contribution in [2.24, 2.45) is 5.92 Å². The van der Waals surface area contributed by atoms with Gasteiger partial charge in [0, 0.05) is 25.3 Å². The van der Waals surface area contributed by atoms with E-state index in [9.17, 15) is 24.8 Å². The van der Waals surface area contributed by atoms with Crippen LogP contribution in [0.25, 0.3) is 10.9 Å². The highest BCUT2D eigenvalue weighted by atomic mass is 35.5. The molecule has 2 aromatic rings. The number of aromatic nitrogens is 1. The van der Waals surface area contributed by atoms with Crippen molar-refractivity contribution in [3.05, 3.63) is 33.9 Å². The standard InChI is InChI=1S/C26H31FN4O6.ClH/c1-14-13-36-24-21-16(23(33)17(25(34)35)12-31(14)21)9-18(27)22(24)30-8-6-15(11-30)19(5-7-28)29-10-20(32)37-26(2,3)4;/h9,12,14-15,19,29H,5-6,8,10-11,13H2,1-4H3,(H,34,35);1H. The molecule has 3 unspecified atom stereocenters. The molecule has 0 amide bonds. The Morgan fingerprint density at radius 3 is 2.74 bits per heavy atom. The Morgan fingerprint density at radius 2 is 2.11 bits per heavy atom. The molecule has 0 spiro atoms. The third-order valence-electron chi connectivity index (χ3n) is 6.72. The van der Waals surface area contributed by atoms with Crippen LogP contribution in [0.2, 0.25) is 0 Å². The highest BCUT2D eigenvalue weighted by Crippen LogP contribution is 2.43. The number of carboxylic acids is 1. The van der Waals surface area contributed by atoms with Crippen molar-refractivity contribution >= 4 is 40.9 Å². The number of pyridine rings is 1. The van der Waals surface area contributed by atoms with Crippen LogP contribution in [0.4, 0.5) is 10.1 Å². The van der Waals surface area contributed by atoms with E-state index < -0.39 is 34.3 Å². The van der Waals surface area contributed by atoms with Gasteiger partial charge in [-0.05, 0) is 46.1 Å². The summed E-state index contributed by atoms with van der Waals surface area (Å²) in [5.74, 6) is -2.31. The minimum Gasteiger partial charge on any atom is -0.487 e. The number of carbonyl (C=O) groups excluding carboxylic acids is 1. The number of esters is 1. The number of benzene rings is 1. The Hall–Kier alpha value is -3.36. The highest BCUT2D eigenvalue weighted by Gasteiger charge is 2.35. The van der Waals surface area contributed by atoms with Crippen molar-refractivity contribution < 1.29 is 28.6 Å². The van der Waals surface area contributed by atoms with E-state index in [1.165, 1.54) is 6.20 Å². The van der Waals surface area contributed by atoms with E-state index in [2.05, 4.69) is 11.4 Å². The predicted molar refractivity (Wildman–Crippen MR) is 141 cm³/mol. The van der Waals surface area contributed by atoms with Gasteiger partial charge in [0.05, 0.1) is 36.0 Å². The minimum atomic E-state index is -1.37. The second kappa shape index (κ2) is 11.2. The number of rotatable bonds is 7. The Labute approximate surface area is 225 Å². The molecular formula is C26H32ClFN4O6. The third-order valence-corrected chi connectivity index (χ3v) is 6.72. The maximum absolute atomic E-state index is 15.5. The lowest BCUT2D eigenvalue weighted by Gasteiger charge is -2.31. The Bertz CT molecular complexity index is 1350. The highest BCUT2D eigenvalue weighted by molar-refractivity contribution is 5.97. The van der Waals surface area contributed by atoms with E-state index >= 15 is 4.39 Å². The van der Waals surface area contributed by atoms with Gasteiger partial charge >= 0.3 is 11.9 Å². The molecule has 0 radical (unpaired) electrons. The Morgan fingerprint density at radius 1 is 1.39 bits per heavy atom. The summed E-state index contributed by atoms with van der Waals surface area (Å²) in [6.45, 7) is 8.19. The van der Waals surface area contributed by atoms with Gasteiger partial charge in [-0.25, -0.2) is 9.18 Å². The normalized spacial score (nSPS) is 19.3. The molecule has 4 rings (SSSR count). The van der Waals surface area contributed by atoms with Gasteiger partial charge in [-0.2, -0.15) is 5.26 Å². The summed E-state index contributed by atoms with van der Waals surface area (Å²) in [5, 5.41) is 21.9. The van der Waals surface area contributed by atoms with Crippen LogP contribution in [0, 0.1) is 23.1 Å². The van der Waals surface area contributed by atoms with Crippen molar-refractivity contribution in [3.63, 3.8) is 0 Å². The molecule has 38 heavy (non-hydrogen) atoms. The van der Waals surface area contributed by atoms with E-state index in [-0.39, 0.29) is 66.8 Å². The first-order chi connectivity index (χ1) is 17.4. The molecule has 0 aliphatic carbocycles. The monoisotopic (exact) mass is 550 g/mol. The van der Waals surface area contributed by atoms with Gasteiger partial charge in [-0.15, -0.1) is 12.4 Å². The summed E-state index contributed by atoms with van der Waals surface area (Å²) < 4.78 is 28.5. The SMILES string of the molecule is CC1COc2c(N3CCC(C(CC#N)NCC(=O)OC(C)(C)C)C3)c(F)cc3c(=O)c(C(=O)O)cn1c23.Cl. The summed E-state index contributed by atoms with van der Waals surface area (Å²) in [7, 11) is 0. The summed E-state index contributed by atoms with van der Waals surface area (Å²) in [6, 6.07) is 2.68. The van der Waals surface area contributed by atoms with E-state index in [0.717, 1.165) is 6.07 Å². The van der Waals surface area contributed by atoms with Crippen LogP contribution >= 0.6 is 12.4 Å². The fourth-order valence-corrected chi connectivity index (χ4v) is 5.07. The molecule has 206 valence electrons. The molecule has 2 aliphatic rings. The molecule has 3 heterocycles. The molecule has 2 N–H and O–H groups in total. The van der Waals surface area contributed by atoms with E-state index in [1.807, 2.05) is 11.8 Å². The van der Waals surface area contributed by atoms with Crippen molar-refractivity contribution in [1.29, 1.82) is 5.26 Å². The predicted octanol–water partition coefficient (Wildman–Crippen LogP) is 3.25. The lowest BCUT2D eigenvalue weighted by molar-refractivity contribution is -0.153. The lowest BCUT2D eigenvalue weighted by Crippen LogP contribution is -2.42. The van der Waals surface area contributed by atoms with Gasteiger partial charge in [0.15, 0.2) is 11.6 Å². The smallest absolute Gasteiger partial charge is 0.341 e. The zero-order valence-electron chi connectivity index (χ0n) is 21.7. The summed E-state index contributed by atoms with van der Waals surface area (Å²) in [6.07, 6.45) is 2.10. The van der Waals surface area contributed by atoms with E-state index in [0.29, 0.717) is 25.0 Å². The Kier molecular flexibility index (Phi) is 8.58. The average Bonchev–Trinajstić information content (AvgIpc) is 3.28. The van der Waals surface area contributed by atoms with Crippen LogP contribution in [-0.4, -0.2) is 59.5 Å². The van der Waals surface area contributed by atoms with Gasteiger partial charge in [0.2, 0.25) is 5.43 Å². The molecule has 3 atom stereocenters. The number of hydrogen-bond donors (Lipinski definition) is 2. The third kappa shape index (κ3) is 5.71. The average molecular weight is 551 g/mol. The van der Waals surface area contributed by atoms with E-state index in [1.54, 1.807) is 25.3 Å². The Balaban J connectivity index is 0.00000400. The second-order valence-electron chi connectivity index (χ2n) is 10.6. The molecule has 1 aromatic carbocycles. The van der Waals surface area contributed by atoms with Crippen LogP contribution in [0.1, 0.15) is 56.9 Å². The van der Waals surface area contributed by atoms with Crippen LogP contribution < -0.4 is 20.4 Å². The van der Waals surface area contributed by atoms with Crippen molar-refractivity contribution in [2.75, 3.05) is 31.1 Å². The second-order valence-corrected chi connectivity index (χ2v) is 10.6. The number of carbonyl (C=O) groups is 2. The number of nitrogens with zero attached hydrogens (tertiary/aromatic N) is 3. The molecule has 1 saturated heterocycles. The van der Waals surface area contributed by atoms with Crippen molar-refractivity contribution in [2.45, 2.75) is 58.2 Å². The molecule has 1 aromatic heterocycles. The maximum Gasteiger partial charge on any atom is 0.341 e. The number of halogens is 2. The van der Waals surface area contributed by atoms with E-state index in [4.69, 9.17) is 9.47 Å². The van der Waals surface area contributed by atoms with Crippen LogP contribution in [-0.2, 0) is 9.53 Å². The fraction of sp³-hybridized carbons (Fsp3) is 0.538. The summed E-state index contributed by atoms with van der Waals surface area (Å²) in [4.78, 5) is 38.4. The zero-order chi connectivity index (χ0) is 27.1. The number of anilines is 1. The lowest BCUT2D eigenvalue weighted by atomic mass is 9.96. The van der Waals surface area contributed by atoms with Crippen molar-refractivity contribution in [1.82, 2.24) is 9.88 Å². The van der Waals surface area contributed by atoms with Crippen molar-refractivity contribution in [3.8, 4) is 11.8 Å². The topological polar surface area (TPSA) is 134 Å². The van der Waals surface area contributed by atoms with Crippen LogP contribution in [0.5, 0.6) is 5.75 Å². The van der Waals surface area contributed by atoms with Gasteiger partial charge in [-0.3, -0.25) is 9.59 Å². The number of nitriles is 1. The number of ether oxygens (including phenoxy) is 2. The molecule has 10 nitrogen and oxygen atoms in total. The van der Waals surface area contributed by atoms with Gasteiger partial charge < -0.3 is 29.4 Å². The molecule has 12 heteroatoms. The van der Waals surface area contributed by atoms with Gasteiger partial charge in [0.25, 0.3) is 0 Å². The number of carboxylic acid groups (broad SMARTS) is 1.